The van der Waals surface area contributed by atoms with Crippen LogP contribution in [0.4, 0.5) is 4.79 Å². The molecule has 1 aliphatic heterocycles. The van der Waals surface area contributed by atoms with Crippen LogP contribution in [0.5, 0.6) is 0 Å². The zero-order valence-corrected chi connectivity index (χ0v) is 16.7. The molecule has 1 unspecified atom stereocenters. The molecule has 0 saturated carbocycles. The summed E-state index contributed by atoms with van der Waals surface area (Å²) in [6.45, 7) is 9.32. The van der Waals surface area contributed by atoms with E-state index in [2.05, 4.69) is 72.7 Å². The highest BCUT2D eigenvalue weighted by molar-refractivity contribution is 7.12. The van der Waals surface area contributed by atoms with Crippen molar-refractivity contribution in [2.24, 2.45) is 0 Å². The van der Waals surface area contributed by atoms with E-state index in [0.717, 1.165) is 32.5 Å². The molecule has 1 aromatic heterocycles. The van der Waals surface area contributed by atoms with E-state index in [1.54, 1.807) is 11.3 Å². The third-order valence-electron chi connectivity index (χ3n) is 5.07. The van der Waals surface area contributed by atoms with Crippen molar-refractivity contribution >= 4 is 17.4 Å². The number of piperidine rings is 1. The molecule has 0 bridgehead atoms. The van der Waals surface area contributed by atoms with Crippen LogP contribution in [0.15, 0.2) is 36.4 Å². The van der Waals surface area contributed by atoms with Crippen LogP contribution in [0, 0.1) is 13.8 Å². The Morgan fingerprint density at radius 1 is 1.23 bits per heavy atom. The van der Waals surface area contributed by atoms with Crippen molar-refractivity contribution in [3.05, 3.63) is 57.3 Å². The number of rotatable bonds is 5. The van der Waals surface area contributed by atoms with Crippen molar-refractivity contribution < 1.29 is 4.79 Å². The zero-order chi connectivity index (χ0) is 18.5. The molecule has 0 spiro atoms. The molecule has 1 aromatic carbocycles. The molecule has 4 nitrogen and oxygen atoms in total. The molecule has 3 rings (SSSR count). The Bertz CT molecular complexity index is 720. The maximum absolute atomic E-state index is 12.4. The first-order valence-corrected chi connectivity index (χ1v) is 10.2. The summed E-state index contributed by atoms with van der Waals surface area (Å²) in [6, 6.07) is 13.0. The molecule has 1 atom stereocenters. The van der Waals surface area contributed by atoms with Crippen molar-refractivity contribution in [3.63, 3.8) is 0 Å². The maximum Gasteiger partial charge on any atom is 0.315 e. The van der Waals surface area contributed by atoms with Crippen LogP contribution < -0.4 is 10.6 Å². The molecule has 2 N–H and O–H groups in total. The summed E-state index contributed by atoms with van der Waals surface area (Å²) >= 11 is 1.78. The number of carbonyl (C=O) groups is 1. The van der Waals surface area contributed by atoms with E-state index < -0.39 is 0 Å². The van der Waals surface area contributed by atoms with Gasteiger partial charge in [-0.2, -0.15) is 0 Å². The normalized spacial score (nSPS) is 17.0. The Labute approximate surface area is 160 Å². The minimum Gasteiger partial charge on any atom is -0.335 e. The van der Waals surface area contributed by atoms with E-state index in [1.807, 2.05) is 0 Å². The molecule has 1 saturated heterocycles. The highest BCUT2D eigenvalue weighted by Gasteiger charge is 2.22. The topological polar surface area (TPSA) is 44.4 Å². The SMILES string of the molecule is Cc1cc(C(C)NC(=O)NC2CCN(Cc3ccccc3)CC2)c(C)s1. The van der Waals surface area contributed by atoms with Gasteiger partial charge in [-0.3, -0.25) is 4.90 Å². The number of likely N-dealkylation sites (tertiary alicyclic amines) is 1. The average Bonchev–Trinajstić information content (AvgIpc) is 2.96. The summed E-state index contributed by atoms with van der Waals surface area (Å²) < 4.78 is 0. The second-order valence-electron chi connectivity index (χ2n) is 7.24. The van der Waals surface area contributed by atoms with Crippen molar-refractivity contribution in [2.45, 2.75) is 52.2 Å². The highest BCUT2D eigenvalue weighted by atomic mass is 32.1. The standard InChI is InChI=1S/C21H29N3OS/c1-15-13-20(17(3)26-15)16(2)22-21(25)23-19-9-11-24(12-10-19)14-18-7-5-4-6-8-18/h4-8,13,16,19H,9-12,14H2,1-3H3,(H2,22,23,25). The van der Waals surface area contributed by atoms with E-state index in [1.165, 1.54) is 20.9 Å². The Kier molecular flexibility index (Phi) is 6.33. The third-order valence-corrected chi connectivity index (χ3v) is 6.05. The van der Waals surface area contributed by atoms with E-state index in [4.69, 9.17) is 0 Å². The van der Waals surface area contributed by atoms with Crippen LogP contribution in [0.1, 0.15) is 46.7 Å². The molecule has 5 heteroatoms. The number of amides is 2. The molecule has 2 amide bonds. The van der Waals surface area contributed by atoms with Gasteiger partial charge in [-0.25, -0.2) is 4.79 Å². The van der Waals surface area contributed by atoms with Crippen LogP contribution in [0.2, 0.25) is 0 Å². The van der Waals surface area contributed by atoms with Crippen molar-refractivity contribution in [1.82, 2.24) is 15.5 Å². The predicted octanol–water partition coefficient (Wildman–Crippen LogP) is 4.39. The Balaban J connectivity index is 1.42. The van der Waals surface area contributed by atoms with Gasteiger partial charge in [-0.05, 0) is 50.8 Å². The van der Waals surface area contributed by atoms with Gasteiger partial charge in [0.25, 0.3) is 0 Å². The number of nitrogens with one attached hydrogen (secondary N) is 2. The van der Waals surface area contributed by atoms with Crippen LogP contribution in [0.3, 0.4) is 0 Å². The number of hydrogen-bond acceptors (Lipinski definition) is 3. The largest absolute Gasteiger partial charge is 0.335 e. The number of thiophene rings is 1. The molecular weight excluding hydrogens is 342 g/mol. The lowest BCUT2D eigenvalue weighted by Gasteiger charge is -2.32. The van der Waals surface area contributed by atoms with Crippen LogP contribution in [-0.4, -0.2) is 30.1 Å². The number of benzene rings is 1. The fourth-order valence-electron chi connectivity index (χ4n) is 3.66. The fraction of sp³-hybridized carbons (Fsp3) is 0.476. The number of hydrogen-bond donors (Lipinski definition) is 2. The molecule has 2 aromatic rings. The summed E-state index contributed by atoms with van der Waals surface area (Å²) in [4.78, 5) is 17.4. The van der Waals surface area contributed by atoms with E-state index >= 15 is 0 Å². The van der Waals surface area contributed by atoms with Gasteiger partial charge in [0.2, 0.25) is 0 Å². The monoisotopic (exact) mass is 371 g/mol. The lowest BCUT2D eigenvalue weighted by atomic mass is 10.0. The van der Waals surface area contributed by atoms with Gasteiger partial charge in [0.15, 0.2) is 0 Å². The van der Waals surface area contributed by atoms with Gasteiger partial charge < -0.3 is 10.6 Å². The lowest BCUT2D eigenvalue weighted by Crippen LogP contribution is -2.48. The summed E-state index contributed by atoms with van der Waals surface area (Å²) in [5, 5.41) is 6.25. The highest BCUT2D eigenvalue weighted by Crippen LogP contribution is 2.26. The van der Waals surface area contributed by atoms with E-state index in [-0.39, 0.29) is 18.1 Å². The van der Waals surface area contributed by atoms with Gasteiger partial charge in [-0.15, -0.1) is 11.3 Å². The van der Waals surface area contributed by atoms with Crippen LogP contribution in [0.25, 0.3) is 0 Å². The second-order valence-corrected chi connectivity index (χ2v) is 8.70. The molecule has 26 heavy (non-hydrogen) atoms. The number of aryl methyl sites for hydroxylation is 2. The van der Waals surface area contributed by atoms with Gasteiger partial charge in [0.05, 0.1) is 6.04 Å². The minimum absolute atomic E-state index is 0.0399. The summed E-state index contributed by atoms with van der Waals surface area (Å²) in [5.41, 5.74) is 2.58. The molecule has 1 aliphatic rings. The maximum atomic E-state index is 12.4. The summed E-state index contributed by atoms with van der Waals surface area (Å²) in [7, 11) is 0. The quantitative estimate of drug-likeness (QED) is 0.819. The van der Waals surface area contributed by atoms with Crippen molar-refractivity contribution in [1.29, 1.82) is 0 Å². The summed E-state index contributed by atoms with van der Waals surface area (Å²) in [5.74, 6) is 0. The molecular formula is C21H29N3OS. The molecule has 1 fully saturated rings. The molecule has 0 radical (unpaired) electrons. The van der Waals surface area contributed by atoms with E-state index in [0.29, 0.717) is 0 Å². The fourth-order valence-corrected chi connectivity index (χ4v) is 4.68. The number of nitrogens with zero attached hydrogens (tertiary/aromatic N) is 1. The Hall–Kier alpha value is -1.85. The van der Waals surface area contributed by atoms with Crippen LogP contribution >= 0.6 is 11.3 Å². The average molecular weight is 372 g/mol. The molecule has 0 aliphatic carbocycles. The Morgan fingerprint density at radius 3 is 2.54 bits per heavy atom. The van der Waals surface area contributed by atoms with Gasteiger partial charge >= 0.3 is 6.03 Å². The van der Waals surface area contributed by atoms with Crippen molar-refractivity contribution in [2.75, 3.05) is 13.1 Å². The second kappa shape index (κ2) is 8.69. The summed E-state index contributed by atoms with van der Waals surface area (Å²) in [6.07, 6.45) is 2.01. The van der Waals surface area contributed by atoms with Gasteiger partial charge in [0.1, 0.15) is 0 Å². The van der Waals surface area contributed by atoms with Crippen LogP contribution in [-0.2, 0) is 6.54 Å². The first kappa shape index (κ1) is 18.9. The van der Waals surface area contributed by atoms with E-state index in [9.17, 15) is 4.79 Å². The first-order chi connectivity index (χ1) is 12.5. The smallest absolute Gasteiger partial charge is 0.315 e. The molecule has 140 valence electrons. The number of urea groups is 1. The van der Waals surface area contributed by atoms with Gasteiger partial charge in [0, 0.05) is 35.4 Å². The number of carbonyl (C=O) groups excluding carboxylic acids is 1. The minimum atomic E-state index is -0.0535. The zero-order valence-electron chi connectivity index (χ0n) is 15.9. The third kappa shape index (κ3) is 5.08. The molecule has 2 heterocycles. The van der Waals surface area contributed by atoms with Crippen molar-refractivity contribution in [3.8, 4) is 0 Å². The first-order valence-electron chi connectivity index (χ1n) is 9.41. The predicted molar refractivity (Wildman–Crippen MR) is 109 cm³/mol. The van der Waals surface area contributed by atoms with Gasteiger partial charge in [-0.1, -0.05) is 30.3 Å². The Morgan fingerprint density at radius 2 is 1.92 bits per heavy atom. The lowest BCUT2D eigenvalue weighted by molar-refractivity contribution is 0.186.